The molecule has 100 valence electrons. The Hall–Kier alpha value is -1.25. The summed E-state index contributed by atoms with van der Waals surface area (Å²) in [6.07, 6.45) is 9.28. The van der Waals surface area contributed by atoms with Crippen LogP contribution in [0, 0.1) is 5.92 Å². The molecule has 3 heteroatoms. The lowest BCUT2D eigenvalue weighted by atomic mass is 9.85. The number of hydrogen-bond acceptors (Lipinski definition) is 3. The average molecular weight is 247 g/mol. The molecule has 3 nitrogen and oxygen atoms in total. The Bertz CT molecular complexity index is 378. The SMILES string of the molecule is CCNc1cncc(N(C)C2CCCCC2C)c1. The summed E-state index contributed by atoms with van der Waals surface area (Å²) in [6, 6.07) is 2.87. The minimum Gasteiger partial charge on any atom is -0.384 e. The molecule has 2 unspecified atom stereocenters. The van der Waals surface area contributed by atoms with Gasteiger partial charge in [0.25, 0.3) is 0 Å². The van der Waals surface area contributed by atoms with Crippen LogP contribution in [0.4, 0.5) is 11.4 Å². The fraction of sp³-hybridized carbons (Fsp3) is 0.667. The minimum absolute atomic E-state index is 0.664. The molecule has 2 atom stereocenters. The molecule has 1 fully saturated rings. The van der Waals surface area contributed by atoms with Gasteiger partial charge in [-0.1, -0.05) is 19.8 Å². The summed E-state index contributed by atoms with van der Waals surface area (Å²) < 4.78 is 0. The maximum Gasteiger partial charge on any atom is 0.0573 e. The third-order valence-corrected chi connectivity index (χ3v) is 4.08. The van der Waals surface area contributed by atoms with Crippen molar-refractivity contribution in [2.24, 2.45) is 5.92 Å². The van der Waals surface area contributed by atoms with Gasteiger partial charge in [0.1, 0.15) is 0 Å². The number of hydrogen-bond donors (Lipinski definition) is 1. The van der Waals surface area contributed by atoms with Crippen molar-refractivity contribution in [2.75, 3.05) is 23.8 Å². The summed E-state index contributed by atoms with van der Waals surface area (Å²) in [7, 11) is 2.21. The van der Waals surface area contributed by atoms with Gasteiger partial charge in [-0.2, -0.15) is 0 Å². The molecule has 0 spiro atoms. The van der Waals surface area contributed by atoms with E-state index in [2.05, 4.69) is 42.2 Å². The van der Waals surface area contributed by atoms with Gasteiger partial charge in [-0.25, -0.2) is 0 Å². The molecule has 0 aliphatic heterocycles. The highest BCUT2D eigenvalue weighted by molar-refractivity contribution is 5.55. The van der Waals surface area contributed by atoms with E-state index in [1.54, 1.807) is 0 Å². The van der Waals surface area contributed by atoms with E-state index >= 15 is 0 Å². The minimum atomic E-state index is 0.664. The fourth-order valence-electron chi connectivity index (χ4n) is 2.99. The molecule has 0 aromatic carbocycles. The number of aromatic nitrogens is 1. The third-order valence-electron chi connectivity index (χ3n) is 4.08. The molecule has 1 N–H and O–H groups in total. The molecular formula is C15H25N3. The van der Waals surface area contributed by atoms with Crippen molar-refractivity contribution in [3.05, 3.63) is 18.5 Å². The Morgan fingerprint density at radius 3 is 2.83 bits per heavy atom. The second kappa shape index (κ2) is 6.07. The molecule has 1 aliphatic rings. The predicted octanol–water partition coefficient (Wildman–Crippen LogP) is 3.53. The van der Waals surface area contributed by atoms with Crippen LogP contribution in [0.5, 0.6) is 0 Å². The van der Waals surface area contributed by atoms with Crippen molar-refractivity contribution in [3.63, 3.8) is 0 Å². The first-order valence-corrected chi connectivity index (χ1v) is 7.14. The first kappa shape index (κ1) is 13.2. The van der Waals surface area contributed by atoms with Crippen molar-refractivity contribution in [2.45, 2.75) is 45.6 Å². The van der Waals surface area contributed by atoms with Gasteiger partial charge in [0, 0.05) is 19.6 Å². The zero-order chi connectivity index (χ0) is 13.0. The Morgan fingerprint density at radius 2 is 2.11 bits per heavy atom. The molecule has 1 aromatic heterocycles. The van der Waals surface area contributed by atoms with Crippen LogP contribution in [0.25, 0.3) is 0 Å². The normalized spacial score (nSPS) is 23.7. The Labute approximate surface area is 111 Å². The standard InChI is InChI=1S/C15H25N3/c1-4-17-13-9-14(11-16-10-13)18(3)15-8-6-5-7-12(15)2/h9-12,15,17H,4-8H2,1-3H3. The van der Waals surface area contributed by atoms with E-state index in [0.717, 1.165) is 18.2 Å². The summed E-state index contributed by atoms with van der Waals surface area (Å²) in [5.74, 6) is 0.784. The van der Waals surface area contributed by atoms with Crippen molar-refractivity contribution in [1.29, 1.82) is 0 Å². The topological polar surface area (TPSA) is 28.2 Å². The first-order valence-electron chi connectivity index (χ1n) is 7.14. The molecule has 1 heterocycles. The van der Waals surface area contributed by atoms with E-state index in [-0.39, 0.29) is 0 Å². The Kier molecular flexibility index (Phi) is 4.45. The third kappa shape index (κ3) is 2.95. The number of nitrogens with zero attached hydrogens (tertiary/aromatic N) is 2. The van der Waals surface area contributed by atoms with Crippen LogP contribution < -0.4 is 10.2 Å². The molecule has 18 heavy (non-hydrogen) atoms. The van der Waals surface area contributed by atoms with E-state index in [1.165, 1.54) is 31.4 Å². The highest BCUT2D eigenvalue weighted by Gasteiger charge is 2.25. The molecule has 2 rings (SSSR count). The summed E-state index contributed by atoms with van der Waals surface area (Å²) in [4.78, 5) is 6.75. The lowest BCUT2D eigenvalue weighted by Gasteiger charge is -2.37. The summed E-state index contributed by atoms with van der Waals surface area (Å²) in [6.45, 7) is 5.43. The second-order valence-corrected chi connectivity index (χ2v) is 5.40. The van der Waals surface area contributed by atoms with E-state index in [9.17, 15) is 0 Å². The van der Waals surface area contributed by atoms with E-state index in [1.807, 2.05) is 12.4 Å². The van der Waals surface area contributed by atoms with Crippen molar-refractivity contribution in [3.8, 4) is 0 Å². The van der Waals surface area contributed by atoms with Crippen molar-refractivity contribution in [1.82, 2.24) is 4.98 Å². The summed E-state index contributed by atoms with van der Waals surface area (Å²) >= 11 is 0. The van der Waals surface area contributed by atoms with E-state index < -0.39 is 0 Å². The van der Waals surface area contributed by atoms with Crippen LogP contribution in [-0.4, -0.2) is 24.6 Å². The average Bonchev–Trinajstić information content (AvgIpc) is 2.39. The van der Waals surface area contributed by atoms with Crippen molar-refractivity contribution >= 4 is 11.4 Å². The predicted molar refractivity (Wildman–Crippen MR) is 78.2 cm³/mol. The van der Waals surface area contributed by atoms with Gasteiger partial charge < -0.3 is 10.2 Å². The number of pyridine rings is 1. The molecule has 0 saturated heterocycles. The largest absolute Gasteiger partial charge is 0.384 e. The van der Waals surface area contributed by atoms with E-state index in [0.29, 0.717) is 6.04 Å². The monoisotopic (exact) mass is 247 g/mol. The van der Waals surface area contributed by atoms with Gasteiger partial charge in [0.05, 0.1) is 23.8 Å². The fourth-order valence-corrected chi connectivity index (χ4v) is 2.99. The Morgan fingerprint density at radius 1 is 1.33 bits per heavy atom. The van der Waals surface area contributed by atoms with E-state index in [4.69, 9.17) is 0 Å². The molecule has 0 radical (unpaired) electrons. The smallest absolute Gasteiger partial charge is 0.0573 e. The van der Waals surface area contributed by atoms with Crippen LogP contribution in [0.15, 0.2) is 18.5 Å². The maximum absolute atomic E-state index is 4.34. The maximum atomic E-state index is 4.34. The van der Waals surface area contributed by atoms with Gasteiger partial charge >= 0.3 is 0 Å². The van der Waals surface area contributed by atoms with Crippen molar-refractivity contribution < 1.29 is 0 Å². The molecule has 1 aliphatic carbocycles. The number of nitrogens with one attached hydrogen (secondary N) is 1. The van der Waals surface area contributed by atoms with Gasteiger partial charge in [0.15, 0.2) is 0 Å². The van der Waals surface area contributed by atoms with Crippen LogP contribution in [0.3, 0.4) is 0 Å². The van der Waals surface area contributed by atoms with Gasteiger partial charge in [-0.15, -0.1) is 0 Å². The summed E-state index contributed by atoms with van der Waals surface area (Å²) in [5, 5.41) is 3.33. The second-order valence-electron chi connectivity index (χ2n) is 5.40. The lowest BCUT2D eigenvalue weighted by molar-refractivity contribution is 0.321. The highest BCUT2D eigenvalue weighted by Crippen LogP contribution is 2.30. The zero-order valence-corrected chi connectivity index (χ0v) is 11.8. The van der Waals surface area contributed by atoms with Gasteiger partial charge in [-0.3, -0.25) is 4.98 Å². The molecule has 0 amide bonds. The zero-order valence-electron chi connectivity index (χ0n) is 11.8. The van der Waals surface area contributed by atoms with Crippen LogP contribution in [0.1, 0.15) is 39.5 Å². The Balaban J connectivity index is 2.11. The van der Waals surface area contributed by atoms with Crippen LogP contribution in [-0.2, 0) is 0 Å². The number of rotatable bonds is 4. The summed E-state index contributed by atoms with van der Waals surface area (Å²) in [5.41, 5.74) is 2.34. The number of anilines is 2. The van der Waals surface area contributed by atoms with Gasteiger partial charge in [-0.05, 0) is 31.7 Å². The molecular weight excluding hydrogens is 222 g/mol. The molecule has 1 saturated carbocycles. The first-order chi connectivity index (χ1) is 8.72. The molecule has 0 bridgehead atoms. The van der Waals surface area contributed by atoms with Gasteiger partial charge in [0.2, 0.25) is 0 Å². The van der Waals surface area contributed by atoms with Crippen LogP contribution >= 0.6 is 0 Å². The molecule has 1 aromatic rings. The highest BCUT2D eigenvalue weighted by atomic mass is 15.1. The lowest BCUT2D eigenvalue weighted by Crippen LogP contribution is -2.39. The van der Waals surface area contributed by atoms with Crippen LogP contribution in [0.2, 0.25) is 0 Å². The quantitative estimate of drug-likeness (QED) is 0.882.